The van der Waals surface area contributed by atoms with Crippen molar-refractivity contribution >= 4 is 26.7 Å². The van der Waals surface area contributed by atoms with Crippen LogP contribution in [-0.4, -0.2) is 24.7 Å². The average Bonchev–Trinajstić information content (AvgIpc) is 2.91. The summed E-state index contributed by atoms with van der Waals surface area (Å²) < 4.78 is 27.3. The van der Waals surface area contributed by atoms with Crippen LogP contribution in [0, 0.1) is 0 Å². The Morgan fingerprint density at radius 2 is 2.05 bits per heavy atom. The standard InChI is InChI=1S/C14H16N2O3S/c1-9(17)12-8-15-13-7-10(3-4-11(12)13)20(18,19)16-14(2)5-6-14/h3-4,7-8,15-16H,5-6H2,1-2H3. The summed E-state index contributed by atoms with van der Waals surface area (Å²) in [4.78, 5) is 14.6. The first-order chi connectivity index (χ1) is 9.31. The number of benzene rings is 1. The minimum absolute atomic E-state index is 0.0459. The smallest absolute Gasteiger partial charge is 0.241 e. The van der Waals surface area contributed by atoms with Crippen molar-refractivity contribution in [3.63, 3.8) is 0 Å². The van der Waals surface area contributed by atoms with Crippen molar-refractivity contribution in [3.05, 3.63) is 30.0 Å². The van der Waals surface area contributed by atoms with E-state index in [0.29, 0.717) is 11.1 Å². The molecule has 106 valence electrons. The van der Waals surface area contributed by atoms with E-state index < -0.39 is 10.0 Å². The fraction of sp³-hybridized carbons (Fsp3) is 0.357. The van der Waals surface area contributed by atoms with Gasteiger partial charge in [-0.05, 0) is 38.8 Å². The highest BCUT2D eigenvalue weighted by Crippen LogP contribution is 2.36. The van der Waals surface area contributed by atoms with Crippen LogP contribution in [0.25, 0.3) is 10.9 Å². The fourth-order valence-electron chi connectivity index (χ4n) is 2.24. The topological polar surface area (TPSA) is 79.0 Å². The quantitative estimate of drug-likeness (QED) is 0.848. The van der Waals surface area contributed by atoms with Gasteiger partial charge in [-0.2, -0.15) is 0 Å². The second kappa shape index (κ2) is 4.17. The van der Waals surface area contributed by atoms with Gasteiger partial charge < -0.3 is 4.98 Å². The highest BCUT2D eigenvalue weighted by Gasteiger charge is 2.41. The Kier molecular flexibility index (Phi) is 2.78. The first-order valence-corrected chi connectivity index (χ1v) is 7.95. The minimum atomic E-state index is -3.51. The summed E-state index contributed by atoms with van der Waals surface area (Å²) >= 11 is 0. The maximum atomic E-state index is 12.3. The molecule has 1 fully saturated rings. The van der Waals surface area contributed by atoms with E-state index in [0.717, 1.165) is 18.2 Å². The zero-order valence-corrected chi connectivity index (χ0v) is 12.2. The summed E-state index contributed by atoms with van der Waals surface area (Å²) in [6, 6.07) is 4.78. The molecule has 0 saturated heterocycles. The van der Waals surface area contributed by atoms with Crippen LogP contribution >= 0.6 is 0 Å². The van der Waals surface area contributed by atoms with Gasteiger partial charge in [-0.1, -0.05) is 6.07 Å². The van der Waals surface area contributed by atoms with E-state index in [-0.39, 0.29) is 16.2 Å². The number of hydrogen-bond acceptors (Lipinski definition) is 3. The van der Waals surface area contributed by atoms with Gasteiger partial charge in [0.25, 0.3) is 0 Å². The molecule has 0 aliphatic heterocycles. The Balaban J connectivity index is 2.03. The van der Waals surface area contributed by atoms with Crippen LogP contribution in [0.3, 0.4) is 0 Å². The molecule has 1 heterocycles. The number of carbonyl (C=O) groups is 1. The molecule has 0 bridgehead atoms. The lowest BCUT2D eigenvalue weighted by molar-refractivity contribution is 0.101. The Bertz CT molecular complexity index is 801. The van der Waals surface area contributed by atoms with Crippen molar-refractivity contribution in [3.8, 4) is 0 Å². The molecule has 1 aromatic heterocycles. The molecule has 0 atom stereocenters. The number of sulfonamides is 1. The third-order valence-corrected chi connectivity index (χ3v) is 5.36. The predicted molar refractivity (Wildman–Crippen MR) is 76.3 cm³/mol. The number of aromatic nitrogens is 1. The van der Waals surface area contributed by atoms with Gasteiger partial charge in [0.1, 0.15) is 0 Å². The second-order valence-electron chi connectivity index (χ2n) is 5.63. The third-order valence-electron chi connectivity index (χ3n) is 3.72. The van der Waals surface area contributed by atoms with Gasteiger partial charge in [0.15, 0.2) is 5.78 Å². The summed E-state index contributed by atoms with van der Waals surface area (Å²) in [5.74, 6) is -0.0459. The van der Waals surface area contributed by atoms with Gasteiger partial charge in [-0.15, -0.1) is 0 Å². The third kappa shape index (κ3) is 2.25. The second-order valence-corrected chi connectivity index (χ2v) is 7.31. The van der Waals surface area contributed by atoms with E-state index in [4.69, 9.17) is 0 Å². The van der Waals surface area contributed by atoms with Crippen molar-refractivity contribution in [2.75, 3.05) is 0 Å². The van der Waals surface area contributed by atoms with Crippen molar-refractivity contribution in [2.24, 2.45) is 0 Å². The summed E-state index contributed by atoms with van der Waals surface area (Å²) in [6.45, 7) is 3.38. The molecular formula is C14H16N2O3S. The van der Waals surface area contributed by atoms with Gasteiger partial charge in [-0.25, -0.2) is 13.1 Å². The maximum absolute atomic E-state index is 12.3. The van der Waals surface area contributed by atoms with Crippen LogP contribution in [0.2, 0.25) is 0 Å². The van der Waals surface area contributed by atoms with Crippen molar-refractivity contribution in [1.82, 2.24) is 9.71 Å². The lowest BCUT2D eigenvalue weighted by atomic mass is 10.1. The number of nitrogens with one attached hydrogen (secondary N) is 2. The first-order valence-electron chi connectivity index (χ1n) is 6.47. The number of ketones is 1. The number of Topliss-reactive ketones (excluding diaryl/α,β-unsaturated/α-hetero) is 1. The molecule has 20 heavy (non-hydrogen) atoms. The predicted octanol–water partition coefficient (Wildman–Crippen LogP) is 2.20. The zero-order valence-electron chi connectivity index (χ0n) is 11.4. The number of aromatic amines is 1. The molecular weight excluding hydrogens is 276 g/mol. The molecule has 1 saturated carbocycles. The molecule has 0 spiro atoms. The number of H-pyrrole nitrogens is 1. The number of carbonyl (C=O) groups excluding carboxylic acids is 1. The first kappa shape index (κ1) is 13.3. The molecule has 6 heteroatoms. The Hall–Kier alpha value is -1.66. The van der Waals surface area contributed by atoms with Crippen LogP contribution in [-0.2, 0) is 10.0 Å². The maximum Gasteiger partial charge on any atom is 0.241 e. The van der Waals surface area contributed by atoms with E-state index in [1.54, 1.807) is 18.3 Å². The molecule has 1 aromatic carbocycles. The van der Waals surface area contributed by atoms with E-state index in [1.807, 2.05) is 6.92 Å². The van der Waals surface area contributed by atoms with Gasteiger partial charge in [0.05, 0.1) is 4.90 Å². The molecule has 0 radical (unpaired) electrons. The van der Waals surface area contributed by atoms with Crippen molar-refractivity contribution < 1.29 is 13.2 Å². The molecule has 2 N–H and O–H groups in total. The molecule has 0 unspecified atom stereocenters. The number of rotatable bonds is 4. The van der Waals surface area contributed by atoms with Crippen LogP contribution < -0.4 is 4.72 Å². The summed E-state index contributed by atoms with van der Waals surface area (Å²) in [7, 11) is -3.51. The van der Waals surface area contributed by atoms with Crippen LogP contribution in [0.1, 0.15) is 37.0 Å². The van der Waals surface area contributed by atoms with E-state index >= 15 is 0 Å². The zero-order chi connectivity index (χ0) is 14.5. The Morgan fingerprint density at radius 1 is 1.35 bits per heavy atom. The van der Waals surface area contributed by atoms with Crippen molar-refractivity contribution in [1.29, 1.82) is 0 Å². The fourth-order valence-corrected chi connectivity index (χ4v) is 3.73. The van der Waals surface area contributed by atoms with Gasteiger partial charge in [0, 0.05) is 28.2 Å². The highest BCUT2D eigenvalue weighted by molar-refractivity contribution is 7.89. The van der Waals surface area contributed by atoms with E-state index in [2.05, 4.69) is 9.71 Å². The molecule has 3 rings (SSSR count). The molecule has 1 aliphatic carbocycles. The number of fused-ring (bicyclic) bond motifs is 1. The highest BCUT2D eigenvalue weighted by atomic mass is 32.2. The lowest BCUT2D eigenvalue weighted by Crippen LogP contribution is -2.34. The van der Waals surface area contributed by atoms with Crippen LogP contribution in [0.4, 0.5) is 0 Å². The summed E-state index contributed by atoms with van der Waals surface area (Å²) in [5, 5.41) is 0.745. The Labute approximate surface area is 117 Å². The summed E-state index contributed by atoms with van der Waals surface area (Å²) in [6.07, 6.45) is 3.34. The van der Waals surface area contributed by atoms with E-state index in [9.17, 15) is 13.2 Å². The molecule has 0 amide bonds. The minimum Gasteiger partial charge on any atom is -0.360 e. The largest absolute Gasteiger partial charge is 0.360 e. The molecule has 2 aromatic rings. The van der Waals surface area contributed by atoms with Gasteiger partial charge >= 0.3 is 0 Å². The molecule has 5 nitrogen and oxygen atoms in total. The monoisotopic (exact) mass is 292 g/mol. The van der Waals surface area contributed by atoms with Crippen molar-refractivity contribution in [2.45, 2.75) is 37.1 Å². The summed E-state index contributed by atoms with van der Waals surface area (Å²) in [5.41, 5.74) is 0.929. The lowest BCUT2D eigenvalue weighted by Gasteiger charge is -2.12. The SMILES string of the molecule is CC(=O)c1c[nH]c2cc(S(=O)(=O)NC3(C)CC3)ccc12. The average molecular weight is 292 g/mol. The van der Waals surface area contributed by atoms with Crippen LogP contribution in [0.15, 0.2) is 29.3 Å². The normalized spacial score (nSPS) is 17.3. The number of hydrogen-bond donors (Lipinski definition) is 2. The van der Waals surface area contributed by atoms with E-state index in [1.165, 1.54) is 13.0 Å². The van der Waals surface area contributed by atoms with Crippen LogP contribution in [0.5, 0.6) is 0 Å². The van der Waals surface area contributed by atoms with Gasteiger partial charge in [-0.3, -0.25) is 4.79 Å². The molecule has 1 aliphatic rings. The Morgan fingerprint density at radius 3 is 2.65 bits per heavy atom. The van der Waals surface area contributed by atoms with Gasteiger partial charge in [0.2, 0.25) is 10.0 Å².